The van der Waals surface area contributed by atoms with E-state index >= 15 is 0 Å². The van der Waals surface area contributed by atoms with Gasteiger partial charge in [-0.05, 0) is 47.6 Å². The van der Waals surface area contributed by atoms with E-state index in [2.05, 4.69) is 15.2 Å². The summed E-state index contributed by atoms with van der Waals surface area (Å²) in [6.07, 6.45) is -2.63. The third-order valence-electron chi connectivity index (χ3n) is 5.47. The predicted molar refractivity (Wildman–Crippen MR) is 110 cm³/mol. The van der Waals surface area contributed by atoms with Crippen LogP contribution >= 0.6 is 0 Å². The fraction of sp³-hybridized carbons (Fsp3) is 0.524. The van der Waals surface area contributed by atoms with Crippen molar-refractivity contribution in [1.82, 2.24) is 29.4 Å². The quantitative estimate of drug-likeness (QED) is 0.584. The first-order chi connectivity index (χ1) is 14.2. The Morgan fingerprint density at radius 3 is 2.33 bits per heavy atom. The van der Waals surface area contributed by atoms with Crippen LogP contribution in [0.1, 0.15) is 54.2 Å². The Kier molecular flexibility index (Phi) is 6.19. The Morgan fingerprint density at radius 2 is 1.77 bits per heavy atom. The molecule has 0 bridgehead atoms. The lowest BCUT2D eigenvalue weighted by Gasteiger charge is -2.21. The number of alkyl halides is 2. The molecule has 3 aromatic heterocycles. The molecule has 7 nitrogen and oxygen atoms in total. The maximum absolute atomic E-state index is 13.5. The molecule has 0 radical (unpaired) electrons. The number of hydrogen-bond acceptors (Lipinski definition) is 4. The zero-order valence-corrected chi connectivity index (χ0v) is 18.3. The molecule has 30 heavy (non-hydrogen) atoms. The number of aryl methyl sites for hydroxylation is 4. The van der Waals surface area contributed by atoms with Crippen molar-refractivity contribution >= 4 is 16.9 Å². The molecule has 0 aromatic carbocycles. The van der Waals surface area contributed by atoms with Crippen molar-refractivity contribution in [2.24, 2.45) is 0 Å². The molecule has 162 valence electrons. The van der Waals surface area contributed by atoms with E-state index in [1.165, 1.54) is 10.7 Å². The smallest absolute Gasteiger partial charge is 0.264 e. The first-order valence-corrected chi connectivity index (χ1v) is 10.1. The van der Waals surface area contributed by atoms with Crippen molar-refractivity contribution in [1.29, 1.82) is 0 Å². The van der Waals surface area contributed by atoms with Crippen molar-refractivity contribution in [3.8, 4) is 0 Å². The molecule has 0 saturated heterocycles. The average Bonchev–Trinajstić information content (AvgIpc) is 3.14. The Balaban J connectivity index is 1.91. The summed E-state index contributed by atoms with van der Waals surface area (Å²) in [6, 6.07) is 1.38. The van der Waals surface area contributed by atoms with E-state index in [0.717, 1.165) is 23.5 Å². The number of aromatic nitrogens is 5. The Morgan fingerprint density at radius 1 is 1.10 bits per heavy atom. The summed E-state index contributed by atoms with van der Waals surface area (Å²) in [5, 5.41) is 9.19. The van der Waals surface area contributed by atoms with Crippen molar-refractivity contribution in [2.75, 3.05) is 6.54 Å². The number of nitrogens with zero attached hydrogens (tertiary/aromatic N) is 6. The van der Waals surface area contributed by atoms with Gasteiger partial charge < -0.3 is 4.90 Å². The first-order valence-electron chi connectivity index (χ1n) is 10.1. The number of hydrogen-bond donors (Lipinski definition) is 0. The lowest BCUT2D eigenvalue weighted by Crippen LogP contribution is -2.34. The van der Waals surface area contributed by atoms with Crippen molar-refractivity contribution < 1.29 is 13.6 Å². The molecule has 3 aromatic rings. The highest BCUT2D eigenvalue weighted by molar-refractivity contribution is 5.84. The van der Waals surface area contributed by atoms with Crippen LogP contribution in [0.15, 0.2) is 6.07 Å². The van der Waals surface area contributed by atoms with Crippen LogP contribution in [-0.4, -0.2) is 41.9 Å². The van der Waals surface area contributed by atoms with Gasteiger partial charge in [0, 0.05) is 42.1 Å². The van der Waals surface area contributed by atoms with Crippen molar-refractivity contribution in [2.45, 2.75) is 67.6 Å². The molecule has 0 aliphatic rings. The molecule has 3 heterocycles. The van der Waals surface area contributed by atoms with Gasteiger partial charge >= 0.3 is 0 Å². The van der Waals surface area contributed by atoms with Gasteiger partial charge in [-0.25, -0.2) is 18.4 Å². The lowest BCUT2D eigenvalue weighted by atomic mass is 10.1. The van der Waals surface area contributed by atoms with Gasteiger partial charge in [0.25, 0.3) is 6.43 Å². The standard InChI is InChI=1S/C21H28F2N6O/c1-7-27(10-17-13(4)25-28(8-2)15(17)6)18(30)11-29-21-19(14(5)26-29)16(20(22)23)9-12(3)24-21/h9,20H,7-8,10-11H2,1-6H3. The van der Waals surface area contributed by atoms with Crippen LogP contribution in [0.2, 0.25) is 0 Å². The summed E-state index contributed by atoms with van der Waals surface area (Å²) in [4.78, 5) is 19.2. The van der Waals surface area contributed by atoms with Crippen LogP contribution in [0.3, 0.4) is 0 Å². The Bertz CT molecular complexity index is 1090. The molecule has 0 fully saturated rings. The van der Waals surface area contributed by atoms with E-state index in [1.807, 2.05) is 32.4 Å². The summed E-state index contributed by atoms with van der Waals surface area (Å²) in [5.41, 5.74) is 4.11. The van der Waals surface area contributed by atoms with Gasteiger partial charge in [-0.15, -0.1) is 0 Å². The number of halogens is 2. The van der Waals surface area contributed by atoms with E-state index in [1.54, 1.807) is 18.7 Å². The number of carbonyl (C=O) groups excluding carboxylic acids is 1. The second kappa shape index (κ2) is 8.49. The van der Waals surface area contributed by atoms with Crippen LogP contribution in [0.4, 0.5) is 8.78 Å². The Labute approximate surface area is 174 Å². The SMILES string of the molecule is CCN(Cc1c(C)nn(CC)c1C)C(=O)Cn1nc(C)c2c(C(F)F)cc(C)nc21. The molecule has 0 aliphatic carbocycles. The van der Waals surface area contributed by atoms with E-state index in [9.17, 15) is 13.6 Å². The number of pyridine rings is 1. The van der Waals surface area contributed by atoms with E-state index in [4.69, 9.17) is 0 Å². The maximum Gasteiger partial charge on any atom is 0.264 e. The molecule has 9 heteroatoms. The zero-order valence-electron chi connectivity index (χ0n) is 18.3. The summed E-state index contributed by atoms with van der Waals surface area (Å²) in [7, 11) is 0. The highest BCUT2D eigenvalue weighted by Gasteiger charge is 2.23. The third-order valence-corrected chi connectivity index (χ3v) is 5.47. The minimum atomic E-state index is -2.63. The van der Waals surface area contributed by atoms with Gasteiger partial charge in [0.1, 0.15) is 6.54 Å². The molecule has 0 N–H and O–H groups in total. The monoisotopic (exact) mass is 418 g/mol. The summed E-state index contributed by atoms with van der Waals surface area (Å²) in [6.45, 7) is 12.9. The Hall–Kier alpha value is -2.84. The number of likely N-dealkylation sites (N-methyl/N-ethyl adjacent to an activating group) is 1. The van der Waals surface area contributed by atoms with Gasteiger partial charge in [-0.2, -0.15) is 10.2 Å². The number of amides is 1. The molecule has 0 unspecified atom stereocenters. The second-order valence-corrected chi connectivity index (χ2v) is 7.47. The fourth-order valence-electron chi connectivity index (χ4n) is 3.87. The van der Waals surface area contributed by atoms with Crippen molar-refractivity contribution in [3.05, 3.63) is 40.0 Å². The normalized spacial score (nSPS) is 11.6. The summed E-state index contributed by atoms with van der Waals surface area (Å²) in [5.74, 6) is -0.146. The third kappa shape index (κ3) is 3.93. The number of rotatable bonds is 7. The van der Waals surface area contributed by atoms with E-state index in [0.29, 0.717) is 35.5 Å². The highest BCUT2D eigenvalue weighted by atomic mass is 19.3. The highest BCUT2D eigenvalue weighted by Crippen LogP contribution is 2.30. The summed E-state index contributed by atoms with van der Waals surface area (Å²) < 4.78 is 30.4. The van der Waals surface area contributed by atoms with Crippen LogP contribution in [0.5, 0.6) is 0 Å². The predicted octanol–water partition coefficient (Wildman–Crippen LogP) is 3.87. The fourth-order valence-corrected chi connectivity index (χ4v) is 3.87. The van der Waals surface area contributed by atoms with Gasteiger partial charge in [-0.1, -0.05) is 0 Å². The second-order valence-electron chi connectivity index (χ2n) is 7.47. The molecular weight excluding hydrogens is 390 g/mol. The topological polar surface area (TPSA) is 68.8 Å². The molecule has 0 aliphatic heterocycles. The lowest BCUT2D eigenvalue weighted by molar-refractivity contribution is -0.132. The number of fused-ring (bicyclic) bond motifs is 1. The van der Waals surface area contributed by atoms with Gasteiger partial charge in [0.2, 0.25) is 5.91 Å². The number of carbonyl (C=O) groups is 1. The molecule has 3 rings (SSSR count). The molecular formula is C21H28F2N6O. The molecule has 0 saturated carbocycles. The van der Waals surface area contributed by atoms with E-state index in [-0.39, 0.29) is 18.0 Å². The van der Waals surface area contributed by atoms with Crippen LogP contribution in [0.25, 0.3) is 11.0 Å². The largest absolute Gasteiger partial charge is 0.337 e. The minimum Gasteiger partial charge on any atom is -0.337 e. The molecule has 1 amide bonds. The van der Waals surface area contributed by atoms with Gasteiger partial charge in [0.15, 0.2) is 5.65 Å². The molecule has 0 atom stereocenters. The molecule has 0 spiro atoms. The zero-order chi connectivity index (χ0) is 22.2. The first kappa shape index (κ1) is 21.9. The van der Waals surface area contributed by atoms with Crippen LogP contribution < -0.4 is 0 Å². The van der Waals surface area contributed by atoms with Gasteiger partial charge in [0.05, 0.1) is 16.8 Å². The van der Waals surface area contributed by atoms with Crippen LogP contribution in [-0.2, 0) is 24.4 Å². The minimum absolute atomic E-state index is 0.0582. The van der Waals surface area contributed by atoms with Gasteiger partial charge in [-0.3, -0.25) is 9.48 Å². The maximum atomic E-state index is 13.5. The summed E-state index contributed by atoms with van der Waals surface area (Å²) >= 11 is 0. The van der Waals surface area contributed by atoms with Crippen molar-refractivity contribution in [3.63, 3.8) is 0 Å². The van der Waals surface area contributed by atoms with Crippen LogP contribution in [0, 0.1) is 27.7 Å². The average molecular weight is 418 g/mol. The van der Waals surface area contributed by atoms with E-state index < -0.39 is 6.43 Å².